The van der Waals surface area contributed by atoms with Crippen LogP contribution in [0.5, 0.6) is 0 Å². The third-order valence-corrected chi connectivity index (χ3v) is 5.88. The highest BCUT2D eigenvalue weighted by Crippen LogP contribution is 2.69. The van der Waals surface area contributed by atoms with Crippen molar-refractivity contribution in [1.29, 1.82) is 0 Å². The standard InChI is InChI=1S/C17H27BrN2/c1-6-9-19-14(15-16(2,3)17(15,4)5)10-13-8-7-12(18)11-20-13/h7-8,11,14-15,19H,6,9-10H2,1-5H3. The fourth-order valence-electron chi connectivity index (χ4n) is 3.64. The molecule has 20 heavy (non-hydrogen) atoms. The van der Waals surface area contributed by atoms with Crippen LogP contribution in [0, 0.1) is 16.7 Å². The minimum Gasteiger partial charge on any atom is -0.313 e. The fraction of sp³-hybridized carbons (Fsp3) is 0.706. The Morgan fingerprint density at radius 3 is 2.35 bits per heavy atom. The molecule has 1 aliphatic rings. The van der Waals surface area contributed by atoms with Crippen LogP contribution in [0.1, 0.15) is 46.7 Å². The van der Waals surface area contributed by atoms with E-state index in [9.17, 15) is 0 Å². The number of hydrogen-bond donors (Lipinski definition) is 1. The van der Waals surface area contributed by atoms with E-state index in [0.717, 1.165) is 17.4 Å². The fourth-order valence-corrected chi connectivity index (χ4v) is 3.88. The molecule has 0 spiro atoms. The Kier molecular flexibility index (Phi) is 4.60. The predicted molar refractivity (Wildman–Crippen MR) is 88.8 cm³/mol. The zero-order valence-corrected chi connectivity index (χ0v) is 14.9. The van der Waals surface area contributed by atoms with E-state index in [-0.39, 0.29) is 0 Å². The van der Waals surface area contributed by atoms with Crippen molar-refractivity contribution in [2.75, 3.05) is 6.54 Å². The Morgan fingerprint density at radius 2 is 1.90 bits per heavy atom. The summed E-state index contributed by atoms with van der Waals surface area (Å²) in [6.45, 7) is 12.9. The summed E-state index contributed by atoms with van der Waals surface area (Å²) in [7, 11) is 0. The lowest BCUT2D eigenvalue weighted by Gasteiger charge is -2.20. The van der Waals surface area contributed by atoms with Crippen molar-refractivity contribution in [3.05, 3.63) is 28.5 Å². The zero-order valence-electron chi connectivity index (χ0n) is 13.3. The molecule has 0 aliphatic heterocycles. The van der Waals surface area contributed by atoms with Crippen molar-refractivity contribution >= 4 is 15.9 Å². The maximum absolute atomic E-state index is 4.54. The first-order valence-electron chi connectivity index (χ1n) is 7.64. The second-order valence-corrected chi connectivity index (χ2v) is 8.07. The molecule has 1 aromatic rings. The van der Waals surface area contributed by atoms with E-state index in [2.05, 4.69) is 73.0 Å². The predicted octanol–water partition coefficient (Wildman–Crippen LogP) is 4.44. The van der Waals surface area contributed by atoms with Crippen LogP contribution in [0.4, 0.5) is 0 Å². The molecule has 0 bridgehead atoms. The lowest BCUT2D eigenvalue weighted by Crippen LogP contribution is -2.36. The maximum atomic E-state index is 4.54. The zero-order chi connectivity index (χ0) is 15.0. The molecule has 1 N–H and O–H groups in total. The van der Waals surface area contributed by atoms with Gasteiger partial charge < -0.3 is 5.32 Å². The topological polar surface area (TPSA) is 24.9 Å². The first-order chi connectivity index (χ1) is 9.30. The summed E-state index contributed by atoms with van der Waals surface area (Å²) in [5, 5.41) is 3.75. The van der Waals surface area contributed by atoms with Gasteiger partial charge >= 0.3 is 0 Å². The molecule has 0 saturated heterocycles. The van der Waals surface area contributed by atoms with Crippen LogP contribution in [0.3, 0.4) is 0 Å². The molecular weight excluding hydrogens is 312 g/mol. The van der Waals surface area contributed by atoms with Crippen molar-refractivity contribution in [1.82, 2.24) is 10.3 Å². The molecule has 0 radical (unpaired) electrons. The van der Waals surface area contributed by atoms with Crippen LogP contribution in [0.15, 0.2) is 22.8 Å². The number of aromatic nitrogens is 1. The van der Waals surface area contributed by atoms with Crippen LogP contribution in [0.2, 0.25) is 0 Å². The van der Waals surface area contributed by atoms with Crippen molar-refractivity contribution in [2.24, 2.45) is 16.7 Å². The third kappa shape index (κ3) is 2.94. The maximum Gasteiger partial charge on any atom is 0.0420 e. The first-order valence-corrected chi connectivity index (χ1v) is 8.43. The van der Waals surface area contributed by atoms with E-state index < -0.39 is 0 Å². The Balaban J connectivity index is 2.11. The molecule has 1 aliphatic carbocycles. The lowest BCUT2D eigenvalue weighted by atomic mass is 9.99. The van der Waals surface area contributed by atoms with Gasteiger partial charge in [0.05, 0.1) is 0 Å². The Morgan fingerprint density at radius 1 is 1.25 bits per heavy atom. The van der Waals surface area contributed by atoms with Crippen molar-refractivity contribution in [2.45, 2.75) is 53.5 Å². The molecule has 1 unspecified atom stereocenters. The van der Waals surface area contributed by atoms with Gasteiger partial charge in [-0.3, -0.25) is 4.98 Å². The summed E-state index contributed by atoms with van der Waals surface area (Å²) in [5.41, 5.74) is 2.00. The smallest absolute Gasteiger partial charge is 0.0420 e. The normalized spacial score (nSPS) is 21.7. The Labute approximate surface area is 131 Å². The average Bonchev–Trinajstić information content (AvgIpc) is 2.78. The van der Waals surface area contributed by atoms with Gasteiger partial charge in [0.25, 0.3) is 0 Å². The van der Waals surface area contributed by atoms with Crippen LogP contribution >= 0.6 is 15.9 Å². The highest BCUT2D eigenvalue weighted by molar-refractivity contribution is 9.10. The third-order valence-electron chi connectivity index (χ3n) is 5.41. The Bertz CT molecular complexity index is 437. The largest absolute Gasteiger partial charge is 0.313 e. The number of nitrogens with zero attached hydrogens (tertiary/aromatic N) is 1. The minimum absolute atomic E-state index is 0.410. The van der Waals surface area contributed by atoms with E-state index in [1.807, 2.05) is 6.20 Å². The van der Waals surface area contributed by atoms with Gasteiger partial charge in [-0.25, -0.2) is 0 Å². The van der Waals surface area contributed by atoms with Crippen LogP contribution in [0.25, 0.3) is 0 Å². The summed E-state index contributed by atoms with van der Waals surface area (Å²) in [5.74, 6) is 0.715. The minimum atomic E-state index is 0.410. The summed E-state index contributed by atoms with van der Waals surface area (Å²) >= 11 is 3.45. The van der Waals surface area contributed by atoms with E-state index in [4.69, 9.17) is 0 Å². The summed E-state index contributed by atoms with van der Waals surface area (Å²) in [6, 6.07) is 4.74. The molecule has 1 heterocycles. The summed E-state index contributed by atoms with van der Waals surface area (Å²) < 4.78 is 1.05. The van der Waals surface area contributed by atoms with Gasteiger partial charge in [-0.1, -0.05) is 34.6 Å². The summed E-state index contributed by atoms with van der Waals surface area (Å²) in [4.78, 5) is 4.54. The van der Waals surface area contributed by atoms with Crippen molar-refractivity contribution in [3.8, 4) is 0 Å². The van der Waals surface area contributed by atoms with Gasteiger partial charge in [0, 0.05) is 28.8 Å². The first kappa shape index (κ1) is 16.0. The molecule has 0 aromatic carbocycles. The lowest BCUT2D eigenvalue weighted by molar-refractivity contribution is 0.393. The molecular formula is C17H27BrN2. The van der Waals surface area contributed by atoms with Crippen LogP contribution < -0.4 is 5.32 Å². The van der Waals surface area contributed by atoms with Gasteiger partial charge in [0.1, 0.15) is 0 Å². The van der Waals surface area contributed by atoms with E-state index in [0.29, 0.717) is 22.8 Å². The van der Waals surface area contributed by atoms with Crippen molar-refractivity contribution in [3.63, 3.8) is 0 Å². The second kappa shape index (κ2) is 5.76. The van der Waals surface area contributed by atoms with E-state index in [1.165, 1.54) is 12.1 Å². The van der Waals surface area contributed by atoms with Gasteiger partial charge in [-0.05, 0) is 57.8 Å². The number of pyridine rings is 1. The molecule has 1 atom stereocenters. The van der Waals surface area contributed by atoms with Crippen LogP contribution in [-0.4, -0.2) is 17.6 Å². The van der Waals surface area contributed by atoms with E-state index >= 15 is 0 Å². The second-order valence-electron chi connectivity index (χ2n) is 7.15. The number of hydrogen-bond acceptors (Lipinski definition) is 2. The molecule has 2 nitrogen and oxygen atoms in total. The molecule has 0 amide bonds. The number of nitrogens with one attached hydrogen (secondary N) is 1. The summed E-state index contributed by atoms with van der Waals surface area (Å²) in [6.07, 6.45) is 4.10. The molecule has 1 aromatic heterocycles. The SMILES string of the molecule is CCCNC(Cc1ccc(Br)cn1)C1C(C)(C)C1(C)C. The van der Waals surface area contributed by atoms with Crippen LogP contribution in [-0.2, 0) is 6.42 Å². The molecule has 3 heteroatoms. The molecule has 112 valence electrons. The van der Waals surface area contributed by atoms with Gasteiger partial charge in [0.2, 0.25) is 0 Å². The van der Waals surface area contributed by atoms with Gasteiger partial charge in [0.15, 0.2) is 0 Å². The molecule has 2 rings (SSSR count). The van der Waals surface area contributed by atoms with Gasteiger partial charge in [-0.2, -0.15) is 0 Å². The number of halogens is 1. The highest BCUT2D eigenvalue weighted by Gasteiger charge is 2.66. The average molecular weight is 339 g/mol. The molecule has 1 fully saturated rings. The van der Waals surface area contributed by atoms with E-state index in [1.54, 1.807) is 0 Å². The highest BCUT2D eigenvalue weighted by atomic mass is 79.9. The van der Waals surface area contributed by atoms with Gasteiger partial charge in [-0.15, -0.1) is 0 Å². The monoisotopic (exact) mass is 338 g/mol. The Hall–Kier alpha value is -0.410. The molecule has 1 saturated carbocycles. The number of rotatable bonds is 6. The van der Waals surface area contributed by atoms with Crippen molar-refractivity contribution < 1.29 is 0 Å². The quantitative estimate of drug-likeness (QED) is 0.829.